The molecule has 1 heterocycles. The summed E-state index contributed by atoms with van der Waals surface area (Å²) in [5.41, 5.74) is 0.633. The lowest BCUT2D eigenvalue weighted by Crippen LogP contribution is -2.05. The number of carboxylic acids is 1. The molecule has 0 aliphatic heterocycles. The summed E-state index contributed by atoms with van der Waals surface area (Å²) in [7, 11) is 0. The summed E-state index contributed by atoms with van der Waals surface area (Å²) in [6.45, 7) is 3.97. The Balaban J connectivity index is 0.000000631. The summed E-state index contributed by atoms with van der Waals surface area (Å²) in [5.74, 6) is -1.35. The van der Waals surface area contributed by atoms with Crippen molar-refractivity contribution in [1.82, 2.24) is 4.98 Å². The molecule has 0 bridgehead atoms. The number of carbonyl (C=O) groups is 3. The van der Waals surface area contributed by atoms with Gasteiger partial charge >= 0.3 is 5.97 Å². The zero-order valence-electron chi connectivity index (χ0n) is 10.2. The number of aliphatic carboxylic acids is 1. The highest BCUT2D eigenvalue weighted by Gasteiger charge is 2.04. The van der Waals surface area contributed by atoms with Gasteiger partial charge in [-0.3, -0.25) is 14.4 Å². The van der Waals surface area contributed by atoms with E-state index in [9.17, 15) is 9.59 Å². The minimum atomic E-state index is -0.833. The van der Waals surface area contributed by atoms with Crippen molar-refractivity contribution in [2.75, 3.05) is 5.32 Å². The van der Waals surface area contributed by atoms with E-state index in [0.717, 1.165) is 6.92 Å². The quantitative estimate of drug-likeness (QED) is 0.804. The number of thiazole rings is 1. The molecular weight excluding hydrogens is 260 g/mol. The number of carbonyl (C=O) groups excluding carboxylic acids is 2. The topological polar surface area (TPSA) is 106 Å². The molecule has 1 aromatic heterocycles. The number of aromatic nitrogens is 1. The largest absolute Gasteiger partial charge is 0.481 e. The van der Waals surface area contributed by atoms with Crippen LogP contribution in [0.1, 0.15) is 26.5 Å². The number of ether oxygens (including phenoxy) is 1. The van der Waals surface area contributed by atoms with Crippen LogP contribution in [-0.4, -0.2) is 27.9 Å². The molecule has 0 atom stereocenters. The second-order valence-electron chi connectivity index (χ2n) is 3.12. The van der Waals surface area contributed by atoms with Gasteiger partial charge in [0.05, 0.1) is 5.69 Å². The summed E-state index contributed by atoms with van der Waals surface area (Å²) < 4.78 is 4.74. The van der Waals surface area contributed by atoms with E-state index in [4.69, 9.17) is 14.6 Å². The third-order valence-corrected chi connectivity index (χ3v) is 2.06. The van der Waals surface area contributed by atoms with Crippen molar-refractivity contribution in [3.05, 3.63) is 11.1 Å². The monoisotopic (exact) mass is 274 g/mol. The zero-order chi connectivity index (χ0) is 14.1. The third-order valence-electron chi connectivity index (χ3n) is 1.26. The van der Waals surface area contributed by atoms with Crippen LogP contribution in [0.5, 0.6) is 0 Å². The highest BCUT2D eigenvalue weighted by Crippen LogP contribution is 2.15. The Labute approximate surface area is 108 Å². The van der Waals surface area contributed by atoms with Gasteiger partial charge in [0.25, 0.3) is 5.97 Å². The van der Waals surface area contributed by atoms with E-state index in [-0.39, 0.29) is 18.5 Å². The normalized spacial score (nSPS) is 8.83. The Morgan fingerprint density at radius 3 is 2.39 bits per heavy atom. The number of nitrogens with one attached hydrogen (secondary N) is 1. The van der Waals surface area contributed by atoms with Gasteiger partial charge in [0, 0.05) is 26.2 Å². The summed E-state index contributed by atoms with van der Waals surface area (Å²) >= 11 is 1.30. The third kappa shape index (κ3) is 9.28. The number of nitrogens with zero attached hydrogens (tertiary/aromatic N) is 1. The molecule has 18 heavy (non-hydrogen) atoms. The van der Waals surface area contributed by atoms with Crippen LogP contribution in [0.3, 0.4) is 0 Å². The lowest BCUT2D eigenvalue weighted by molar-refractivity contribution is -0.142. The molecule has 7 nitrogen and oxygen atoms in total. The minimum absolute atomic E-state index is 0.144. The molecule has 0 fully saturated rings. The van der Waals surface area contributed by atoms with Crippen molar-refractivity contribution in [2.45, 2.75) is 27.4 Å². The van der Waals surface area contributed by atoms with Crippen LogP contribution < -0.4 is 5.32 Å². The Bertz CT molecular complexity index is 426. The molecule has 100 valence electrons. The lowest BCUT2D eigenvalue weighted by Gasteiger charge is -1.97. The van der Waals surface area contributed by atoms with Crippen LogP contribution >= 0.6 is 11.3 Å². The van der Waals surface area contributed by atoms with E-state index in [1.54, 1.807) is 5.38 Å². The van der Waals surface area contributed by atoms with Gasteiger partial charge in [0.1, 0.15) is 6.61 Å². The van der Waals surface area contributed by atoms with Crippen molar-refractivity contribution in [1.29, 1.82) is 0 Å². The number of rotatable bonds is 3. The van der Waals surface area contributed by atoms with E-state index in [1.165, 1.54) is 25.2 Å². The van der Waals surface area contributed by atoms with E-state index in [2.05, 4.69) is 10.3 Å². The molecule has 8 heteroatoms. The standard InChI is InChI=1S/C8H10N2O3S.C2H4O2/c1-5(11)9-8-10-7(4-14-8)3-13-6(2)12;1-2(3)4/h4H,3H2,1-2H3,(H,9,10,11);1H3,(H,3,4). The maximum absolute atomic E-state index is 10.7. The van der Waals surface area contributed by atoms with Gasteiger partial charge in [0.2, 0.25) is 5.91 Å². The summed E-state index contributed by atoms with van der Waals surface area (Å²) in [4.78, 5) is 34.2. The molecule has 1 amide bonds. The highest BCUT2D eigenvalue weighted by molar-refractivity contribution is 7.13. The van der Waals surface area contributed by atoms with E-state index in [0.29, 0.717) is 10.8 Å². The molecule has 0 saturated carbocycles. The first kappa shape index (κ1) is 16.0. The molecule has 1 rings (SSSR count). The van der Waals surface area contributed by atoms with Crippen LogP contribution in [-0.2, 0) is 25.7 Å². The molecule has 0 unspecified atom stereocenters. The Morgan fingerprint density at radius 2 is 1.94 bits per heavy atom. The van der Waals surface area contributed by atoms with Crippen LogP contribution in [0.15, 0.2) is 5.38 Å². The van der Waals surface area contributed by atoms with Crippen LogP contribution in [0, 0.1) is 0 Å². The molecule has 1 aromatic rings. The average molecular weight is 274 g/mol. The fourth-order valence-corrected chi connectivity index (χ4v) is 1.50. The number of anilines is 1. The van der Waals surface area contributed by atoms with E-state index >= 15 is 0 Å². The fourth-order valence-electron chi connectivity index (χ4n) is 0.757. The van der Waals surface area contributed by atoms with Crippen molar-refractivity contribution in [3.8, 4) is 0 Å². The molecule has 0 aliphatic carbocycles. The van der Waals surface area contributed by atoms with Gasteiger partial charge in [-0.15, -0.1) is 11.3 Å². The van der Waals surface area contributed by atoms with Gasteiger partial charge in [-0.1, -0.05) is 0 Å². The van der Waals surface area contributed by atoms with Gasteiger partial charge in [0.15, 0.2) is 5.13 Å². The zero-order valence-corrected chi connectivity index (χ0v) is 11.0. The minimum Gasteiger partial charge on any atom is -0.481 e. The van der Waals surface area contributed by atoms with Gasteiger partial charge in [-0.25, -0.2) is 4.98 Å². The van der Waals surface area contributed by atoms with E-state index in [1.807, 2.05) is 0 Å². The number of hydrogen-bond donors (Lipinski definition) is 2. The van der Waals surface area contributed by atoms with Crippen LogP contribution in [0.4, 0.5) is 5.13 Å². The molecule has 0 aromatic carbocycles. The maximum atomic E-state index is 10.7. The summed E-state index contributed by atoms with van der Waals surface area (Å²) in [5, 5.41) is 12.2. The van der Waals surface area contributed by atoms with Crippen molar-refractivity contribution in [3.63, 3.8) is 0 Å². The first-order valence-corrected chi connectivity index (χ1v) is 5.74. The predicted octanol–water partition coefficient (Wildman–Crippen LogP) is 1.26. The Kier molecular flexibility index (Phi) is 7.29. The number of carboxylic acid groups (broad SMARTS) is 1. The van der Waals surface area contributed by atoms with E-state index < -0.39 is 5.97 Å². The molecule has 0 radical (unpaired) electrons. The Hall–Kier alpha value is -1.96. The predicted molar refractivity (Wildman–Crippen MR) is 65.2 cm³/mol. The average Bonchev–Trinajstić information content (AvgIpc) is 2.60. The smallest absolute Gasteiger partial charge is 0.303 e. The SMILES string of the molecule is CC(=O)Nc1nc(COC(C)=O)cs1.CC(=O)O. The fraction of sp³-hybridized carbons (Fsp3) is 0.400. The van der Waals surface area contributed by atoms with Gasteiger partial charge < -0.3 is 15.2 Å². The molecule has 0 spiro atoms. The van der Waals surface area contributed by atoms with Gasteiger partial charge in [-0.2, -0.15) is 0 Å². The van der Waals surface area contributed by atoms with Gasteiger partial charge in [-0.05, 0) is 0 Å². The van der Waals surface area contributed by atoms with Crippen LogP contribution in [0.2, 0.25) is 0 Å². The number of esters is 1. The second kappa shape index (κ2) is 8.18. The maximum Gasteiger partial charge on any atom is 0.303 e. The first-order chi connectivity index (χ1) is 8.31. The second-order valence-corrected chi connectivity index (χ2v) is 3.98. The highest BCUT2D eigenvalue weighted by atomic mass is 32.1. The summed E-state index contributed by atoms with van der Waals surface area (Å²) in [6, 6.07) is 0. The van der Waals surface area contributed by atoms with Crippen molar-refractivity contribution >= 4 is 34.3 Å². The van der Waals surface area contributed by atoms with Crippen LogP contribution in [0.25, 0.3) is 0 Å². The molecule has 2 N–H and O–H groups in total. The number of amides is 1. The lowest BCUT2D eigenvalue weighted by atomic mass is 10.5. The molecular formula is C10H14N2O5S. The summed E-state index contributed by atoms with van der Waals surface area (Å²) in [6.07, 6.45) is 0. The Morgan fingerprint density at radius 1 is 1.39 bits per heavy atom. The van der Waals surface area contributed by atoms with Crippen molar-refractivity contribution in [2.24, 2.45) is 0 Å². The number of hydrogen-bond acceptors (Lipinski definition) is 6. The molecule has 0 aliphatic rings. The molecule has 0 saturated heterocycles. The van der Waals surface area contributed by atoms with Crippen molar-refractivity contribution < 1.29 is 24.2 Å². The first-order valence-electron chi connectivity index (χ1n) is 4.86.